The van der Waals surface area contributed by atoms with Gasteiger partial charge in [0.05, 0.1) is 56.3 Å². The molecule has 0 bridgehead atoms. The molecule has 2 saturated heterocycles. The quantitative estimate of drug-likeness (QED) is 0.257. The number of morpholine rings is 1. The van der Waals surface area contributed by atoms with Crippen molar-refractivity contribution >= 4 is 0 Å². The molecule has 7 fully saturated rings. The van der Waals surface area contributed by atoms with Gasteiger partial charge in [0.25, 0.3) is 0 Å². The first kappa shape index (κ1) is 38.5. The molecule has 0 aromatic carbocycles. The number of fused-ring (bicyclic) bond motifs is 2. The Bertz CT molecular complexity index is 1100. The van der Waals surface area contributed by atoms with Crippen molar-refractivity contribution in [3.8, 4) is 12.8 Å². The van der Waals surface area contributed by atoms with Crippen LogP contribution >= 0.6 is 0 Å². The molecule has 0 aromatic rings. The van der Waals surface area contributed by atoms with Gasteiger partial charge in [-0.2, -0.15) is 0 Å². The number of hydrogen-bond acceptors (Lipinski definition) is 7. The summed E-state index contributed by atoms with van der Waals surface area (Å²) in [7, 11) is 1.93. The smallest absolute Gasteiger partial charge is 0.170 e. The predicted molar refractivity (Wildman–Crippen MR) is 191 cm³/mol. The average Bonchev–Trinajstić information content (AvgIpc) is 3.42. The van der Waals surface area contributed by atoms with Crippen molar-refractivity contribution in [2.24, 2.45) is 51.2 Å². The Labute approximate surface area is 293 Å². The summed E-state index contributed by atoms with van der Waals surface area (Å²) in [6.07, 6.45) is 19.5. The van der Waals surface area contributed by atoms with Crippen LogP contribution in [0.25, 0.3) is 0 Å². The third-order valence-corrected chi connectivity index (χ3v) is 15.7. The molecular formula is C41H71NO6. The standard InChI is InChI=1S/C37H63NO6.C2H6.C2H2/c1-23-36-16-15-35(6)26(9-8-10-30(39)34(4,5)40)28(41-7)19-27(35)25(36)11-12-29-33(2,3)31(13-14-37(23,29)36)44-32-20-38(17-18-43-32)24-21-42-22-24;2*1-2/h23-32,39-40H,8-22H2,1-7H3;1-2H3;1-2H/t23-,25-,26?,27?,28+,29?,30-,31-,32?,35+,36-,37?;;/m0../s1. The van der Waals surface area contributed by atoms with Crippen LogP contribution in [0, 0.1) is 64.1 Å². The van der Waals surface area contributed by atoms with Crippen molar-refractivity contribution in [2.45, 2.75) is 156 Å². The number of aliphatic hydroxyl groups is 2. The lowest BCUT2D eigenvalue weighted by Crippen LogP contribution is -2.58. The van der Waals surface area contributed by atoms with E-state index in [-0.39, 0.29) is 17.8 Å². The van der Waals surface area contributed by atoms with Crippen molar-refractivity contribution in [1.29, 1.82) is 0 Å². The Morgan fingerprint density at radius 1 is 1.00 bits per heavy atom. The van der Waals surface area contributed by atoms with E-state index in [0.717, 1.165) is 69.9 Å². The molecule has 0 aromatic heterocycles. The molecular weight excluding hydrogens is 602 g/mol. The lowest BCUT2D eigenvalue weighted by atomic mass is 9.46. The first-order chi connectivity index (χ1) is 22.8. The van der Waals surface area contributed by atoms with Crippen molar-refractivity contribution in [1.82, 2.24) is 4.90 Å². The molecule has 7 nitrogen and oxygen atoms in total. The van der Waals surface area contributed by atoms with E-state index in [0.29, 0.717) is 46.6 Å². The van der Waals surface area contributed by atoms with Gasteiger partial charge in [-0.15, -0.1) is 12.8 Å². The van der Waals surface area contributed by atoms with Crippen LogP contribution in [-0.4, -0.2) is 91.4 Å². The van der Waals surface area contributed by atoms with E-state index < -0.39 is 11.7 Å². The molecule has 2 N–H and O–H groups in total. The summed E-state index contributed by atoms with van der Waals surface area (Å²) >= 11 is 0. The normalized spacial score (nSPS) is 45.4. The molecule has 5 unspecified atom stereocenters. The molecule has 12 atom stereocenters. The van der Waals surface area contributed by atoms with Gasteiger partial charge in [-0.05, 0) is 123 Å². The summed E-state index contributed by atoms with van der Waals surface area (Å²) in [5.41, 5.74) is 0.345. The molecule has 2 spiro atoms. The first-order valence-electron chi connectivity index (χ1n) is 19.7. The van der Waals surface area contributed by atoms with Crippen LogP contribution in [0.1, 0.15) is 120 Å². The maximum atomic E-state index is 10.5. The number of ether oxygens (including phenoxy) is 4. The minimum atomic E-state index is -1.04. The zero-order valence-corrected chi connectivity index (χ0v) is 32.0. The van der Waals surface area contributed by atoms with Crippen molar-refractivity contribution in [3.63, 3.8) is 0 Å². The van der Waals surface area contributed by atoms with Crippen LogP contribution < -0.4 is 0 Å². The number of aliphatic hydroxyl groups excluding tert-OH is 1. The van der Waals surface area contributed by atoms with Gasteiger partial charge in [0, 0.05) is 13.7 Å². The second-order valence-electron chi connectivity index (χ2n) is 17.8. The average molecular weight is 674 g/mol. The molecule has 7 aliphatic rings. The van der Waals surface area contributed by atoms with E-state index in [2.05, 4.69) is 45.4 Å². The van der Waals surface area contributed by atoms with Crippen LogP contribution in [0.5, 0.6) is 0 Å². The number of terminal acetylenes is 1. The number of nitrogens with zero attached hydrogens (tertiary/aromatic N) is 1. The maximum absolute atomic E-state index is 10.5. The molecule has 2 aliphatic heterocycles. The largest absolute Gasteiger partial charge is 0.390 e. The molecule has 5 saturated carbocycles. The fourth-order valence-corrected chi connectivity index (χ4v) is 13.3. The lowest BCUT2D eigenvalue weighted by molar-refractivity contribution is -0.253. The molecule has 276 valence electrons. The summed E-state index contributed by atoms with van der Waals surface area (Å²) in [6.45, 7) is 22.1. The Morgan fingerprint density at radius 2 is 1.71 bits per heavy atom. The van der Waals surface area contributed by atoms with E-state index in [1.54, 1.807) is 13.8 Å². The molecule has 7 rings (SSSR count). The third-order valence-electron chi connectivity index (χ3n) is 15.7. The number of hydrogen-bond donors (Lipinski definition) is 2. The SMILES string of the molecule is C#C.CC.CO[C@@H]1CC2[C@@H]3CCC4C(C)(C)[C@@H](OC5CN(C6COC6)CCO5)CCC45[C@@H](C)[C@@]35CC[C@]2(C)C1CCC[C@H](O)C(C)(C)O. The van der Waals surface area contributed by atoms with Crippen molar-refractivity contribution in [2.75, 3.05) is 40.0 Å². The minimum Gasteiger partial charge on any atom is -0.390 e. The van der Waals surface area contributed by atoms with E-state index in [1.165, 1.54) is 38.5 Å². The van der Waals surface area contributed by atoms with Crippen LogP contribution in [0.3, 0.4) is 0 Å². The Morgan fingerprint density at radius 3 is 2.33 bits per heavy atom. The Kier molecular flexibility index (Phi) is 11.5. The summed E-state index contributed by atoms with van der Waals surface area (Å²) in [5, 5.41) is 20.8. The van der Waals surface area contributed by atoms with Crippen molar-refractivity contribution < 1.29 is 29.2 Å². The van der Waals surface area contributed by atoms with Crippen molar-refractivity contribution in [3.05, 3.63) is 0 Å². The highest BCUT2D eigenvalue weighted by Crippen LogP contribution is 2.89. The first-order valence-corrected chi connectivity index (χ1v) is 19.7. The van der Waals surface area contributed by atoms with Gasteiger partial charge in [-0.25, -0.2) is 0 Å². The van der Waals surface area contributed by atoms with E-state index >= 15 is 0 Å². The van der Waals surface area contributed by atoms with Crippen LogP contribution in [0.2, 0.25) is 0 Å². The van der Waals surface area contributed by atoms with Gasteiger partial charge in [-0.1, -0.05) is 48.0 Å². The molecule has 48 heavy (non-hydrogen) atoms. The second-order valence-corrected chi connectivity index (χ2v) is 17.8. The summed E-state index contributed by atoms with van der Waals surface area (Å²) in [6, 6.07) is 0.541. The second kappa shape index (κ2) is 14.4. The molecule has 5 aliphatic carbocycles. The number of methoxy groups -OCH3 is 1. The molecule has 0 radical (unpaired) electrons. The highest BCUT2D eigenvalue weighted by Gasteiger charge is 2.84. The maximum Gasteiger partial charge on any atom is 0.170 e. The Balaban J connectivity index is 0.00000109. The Hall–Kier alpha value is -0.720. The van der Waals surface area contributed by atoms with Gasteiger partial charge in [0.1, 0.15) is 0 Å². The fourth-order valence-electron chi connectivity index (χ4n) is 13.3. The highest BCUT2D eigenvalue weighted by atomic mass is 16.7. The van der Waals surface area contributed by atoms with Gasteiger partial charge in [0.15, 0.2) is 6.29 Å². The van der Waals surface area contributed by atoms with Gasteiger partial charge < -0.3 is 29.2 Å². The van der Waals surface area contributed by atoms with Gasteiger partial charge in [0.2, 0.25) is 0 Å². The van der Waals surface area contributed by atoms with Crippen LogP contribution in [0.4, 0.5) is 0 Å². The highest BCUT2D eigenvalue weighted by molar-refractivity contribution is 5.32. The number of rotatable bonds is 9. The molecule has 7 heteroatoms. The minimum absolute atomic E-state index is 0.119. The summed E-state index contributed by atoms with van der Waals surface area (Å²) in [5.74, 6) is 3.56. The molecule has 0 amide bonds. The van der Waals surface area contributed by atoms with E-state index in [9.17, 15) is 10.2 Å². The fraction of sp³-hybridized carbons (Fsp3) is 0.951. The van der Waals surface area contributed by atoms with Crippen LogP contribution in [0.15, 0.2) is 0 Å². The monoisotopic (exact) mass is 674 g/mol. The van der Waals surface area contributed by atoms with Gasteiger partial charge >= 0.3 is 0 Å². The topological polar surface area (TPSA) is 80.6 Å². The predicted octanol–water partition coefficient (Wildman–Crippen LogP) is 6.93. The third kappa shape index (κ3) is 5.94. The van der Waals surface area contributed by atoms with E-state index in [1.807, 2.05) is 21.0 Å². The lowest BCUT2D eigenvalue weighted by Gasteiger charge is -2.59. The zero-order chi connectivity index (χ0) is 35.3. The zero-order valence-electron chi connectivity index (χ0n) is 32.0. The summed E-state index contributed by atoms with van der Waals surface area (Å²) in [4.78, 5) is 2.52. The van der Waals surface area contributed by atoms with E-state index in [4.69, 9.17) is 18.9 Å². The summed E-state index contributed by atoms with van der Waals surface area (Å²) < 4.78 is 24.9. The molecule has 2 heterocycles. The van der Waals surface area contributed by atoms with Crippen LogP contribution in [-0.2, 0) is 18.9 Å². The van der Waals surface area contributed by atoms with Gasteiger partial charge in [-0.3, -0.25) is 4.90 Å².